The van der Waals surface area contributed by atoms with E-state index in [0.717, 1.165) is 23.9 Å². The Kier molecular flexibility index (Phi) is 14.3. The van der Waals surface area contributed by atoms with Gasteiger partial charge < -0.3 is 19.1 Å². The van der Waals surface area contributed by atoms with Crippen LogP contribution in [0.5, 0.6) is 0 Å². The number of anilines is 1. The molecular weight excluding hydrogens is 505 g/mol. The summed E-state index contributed by atoms with van der Waals surface area (Å²) in [6.07, 6.45) is 3.21. The Labute approximate surface area is 193 Å². The van der Waals surface area contributed by atoms with Crippen molar-refractivity contribution < 1.29 is 14.2 Å². The van der Waals surface area contributed by atoms with Crippen molar-refractivity contribution in [2.24, 2.45) is 0 Å². The summed E-state index contributed by atoms with van der Waals surface area (Å²) in [5.41, 5.74) is 4.10. The van der Waals surface area contributed by atoms with Gasteiger partial charge in [0.2, 0.25) is 0 Å². The van der Waals surface area contributed by atoms with E-state index in [1.54, 1.807) is 7.11 Å². The molecule has 0 fully saturated rings. The third kappa shape index (κ3) is 10.9. The van der Waals surface area contributed by atoms with Crippen molar-refractivity contribution in [1.29, 1.82) is 0 Å². The van der Waals surface area contributed by atoms with Gasteiger partial charge in [-0.2, -0.15) is 0 Å². The van der Waals surface area contributed by atoms with Crippen molar-refractivity contribution in [3.05, 3.63) is 29.3 Å². The van der Waals surface area contributed by atoms with Crippen LogP contribution >= 0.6 is 44.2 Å². The Morgan fingerprint density at radius 2 is 1.64 bits per heavy atom. The van der Waals surface area contributed by atoms with Crippen LogP contribution in [0.25, 0.3) is 0 Å². The lowest BCUT2D eigenvalue weighted by Gasteiger charge is -2.33. The Balaban J connectivity index is 2.72. The van der Waals surface area contributed by atoms with Crippen LogP contribution in [0.1, 0.15) is 31.9 Å². The summed E-state index contributed by atoms with van der Waals surface area (Å²) < 4.78 is 17.5. The zero-order valence-corrected chi connectivity index (χ0v) is 21.8. The van der Waals surface area contributed by atoms with Gasteiger partial charge in [-0.15, -0.1) is 0 Å². The molecule has 1 aromatic carbocycles. The summed E-state index contributed by atoms with van der Waals surface area (Å²) in [5, 5.41) is 0. The van der Waals surface area contributed by atoms with Crippen LogP contribution in [0.4, 0.5) is 5.69 Å². The smallest absolute Gasteiger partial charge is 0.0701 e. The van der Waals surface area contributed by atoms with E-state index in [2.05, 4.69) is 72.7 Å². The minimum absolute atomic E-state index is 0.162. The fourth-order valence-corrected chi connectivity index (χ4v) is 5.47. The molecule has 0 aliphatic carbocycles. The molecule has 0 aliphatic heterocycles. The van der Waals surface area contributed by atoms with E-state index in [9.17, 15) is 0 Å². The number of benzene rings is 1. The number of aryl methyl sites for hydroxylation is 1. The van der Waals surface area contributed by atoms with Crippen molar-refractivity contribution in [3.8, 4) is 0 Å². The van der Waals surface area contributed by atoms with Crippen molar-refractivity contribution in [2.45, 2.75) is 36.4 Å². The van der Waals surface area contributed by atoms with Gasteiger partial charge in [0.15, 0.2) is 0 Å². The molecule has 0 unspecified atom stereocenters. The van der Waals surface area contributed by atoms with Gasteiger partial charge in [-0.05, 0) is 49.8 Å². The Hall–Kier alpha value is 0.330. The molecule has 0 saturated carbocycles. The van der Waals surface area contributed by atoms with Crippen LogP contribution in [0.2, 0.25) is 0 Å². The molecule has 0 amide bonds. The molecule has 1 aromatic rings. The average Bonchev–Trinajstić information content (AvgIpc) is 2.68. The predicted octanol–water partition coefficient (Wildman–Crippen LogP) is 5.46. The summed E-state index contributed by atoms with van der Waals surface area (Å²) >= 11 is 2.45. The second kappa shape index (κ2) is 15.2. The molecule has 4 nitrogen and oxygen atoms in total. The lowest BCUT2D eigenvalue weighted by molar-refractivity contribution is 0.0264. The zero-order valence-electron chi connectivity index (χ0n) is 18.0. The first-order valence-corrected chi connectivity index (χ1v) is 13.8. The molecule has 162 valence electrons. The van der Waals surface area contributed by atoms with Crippen LogP contribution in [-0.4, -0.2) is 64.2 Å². The maximum atomic E-state index is 5.83. The highest BCUT2D eigenvalue weighted by Crippen LogP contribution is 2.35. The summed E-state index contributed by atoms with van der Waals surface area (Å²) in [7, 11) is 5.45. The van der Waals surface area contributed by atoms with Crippen LogP contribution in [-0.2, 0) is 25.1 Å². The van der Waals surface area contributed by atoms with Gasteiger partial charge in [-0.1, -0.05) is 57.2 Å². The molecule has 0 radical (unpaired) electrons. The molecule has 0 aliphatic rings. The Morgan fingerprint density at radius 3 is 2.25 bits per heavy atom. The van der Waals surface area contributed by atoms with E-state index in [1.807, 2.05) is 21.6 Å². The van der Waals surface area contributed by atoms with E-state index >= 15 is 0 Å². The monoisotopic (exact) mass is 541 g/mol. The lowest BCUT2D eigenvalue weighted by atomic mass is 10.1. The molecule has 0 saturated heterocycles. The molecule has 0 heterocycles. The van der Waals surface area contributed by atoms with E-state index in [-0.39, 0.29) is 4.75 Å². The molecular formula is C21H36INO3S2. The fraction of sp³-hybridized carbons (Fsp3) is 0.714. The second-order valence-corrected chi connectivity index (χ2v) is 11.0. The number of alkyl halides is 1. The van der Waals surface area contributed by atoms with Crippen LogP contribution < -0.4 is 4.90 Å². The molecule has 1 rings (SSSR count). The topological polar surface area (TPSA) is 30.9 Å². The molecule has 0 bridgehead atoms. The van der Waals surface area contributed by atoms with E-state index in [1.165, 1.54) is 16.8 Å². The van der Waals surface area contributed by atoms with Gasteiger partial charge in [-0.25, -0.2) is 0 Å². The van der Waals surface area contributed by atoms with Crippen LogP contribution in [0.3, 0.4) is 0 Å². The summed E-state index contributed by atoms with van der Waals surface area (Å²) in [6.45, 7) is 11.9. The highest BCUT2D eigenvalue weighted by atomic mass is 127. The Bertz CT molecular complexity index is 524. The third-order valence-corrected chi connectivity index (χ3v) is 7.64. The van der Waals surface area contributed by atoms with E-state index in [4.69, 9.17) is 14.2 Å². The highest BCUT2D eigenvalue weighted by molar-refractivity contribution is 14.1. The molecule has 0 atom stereocenters. The summed E-state index contributed by atoms with van der Waals surface area (Å²) in [6, 6.07) is 6.99. The highest BCUT2D eigenvalue weighted by Gasteiger charge is 2.23. The quantitative estimate of drug-likeness (QED) is 0.120. The number of hydrogen-bond acceptors (Lipinski definition) is 6. The van der Waals surface area contributed by atoms with Crippen molar-refractivity contribution >= 4 is 49.9 Å². The molecule has 0 N–H and O–H groups in total. The number of ether oxygens (including phenoxy) is 3. The van der Waals surface area contributed by atoms with Gasteiger partial charge in [0.25, 0.3) is 0 Å². The lowest BCUT2D eigenvalue weighted by Crippen LogP contribution is -2.38. The number of rotatable bonds is 16. The maximum absolute atomic E-state index is 5.83. The van der Waals surface area contributed by atoms with Crippen LogP contribution in [0, 0.1) is 0 Å². The first kappa shape index (κ1) is 26.4. The first-order chi connectivity index (χ1) is 13.5. The Morgan fingerprint density at radius 1 is 1.00 bits per heavy atom. The van der Waals surface area contributed by atoms with Gasteiger partial charge in [0, 0.05) is 35.1 Å². The van der Waals surface area contributed by atoms with E-state index in [0.29, 0.717) is 33.0 Å². The minimum atomic E-state index is 0.162. The summed E-state index contributed by atoms with van der Waals surface area (Å²) in [4.78, 5) is 2.48. The molecule has 0 spiro atoms. The van der Waals surface area contributed by atoms with Gasteiger partial charge in [-0.3, -0.25) is 0 Å². The second-order valence-electron chi connectivity index (χ2n) is 7.14. The van der Waals surface area contributed by atoms with Crippen molar-refractivity contribution in [2.75, 3.05) is 64.4 Å². The zero-order chi connectivity index (χ0) is 20.8. The van der Waals surface area contributed by atoms with Crippen molar-refractivity contribution in [3.63, 3.8) is 0 Å². The van der Waals surface area contributed by atoms with Gasteiger partial charge in [0.05, 0.1) is 33.0 Å². The standard InChI is InChI=1S/C21H36INO3S2/c1-6-18-13-19(16-22)15-20(14-18)23(17-21(2,3)28-27-5)7-8-25-11-12-26-10-9-24-4/h13-15H,6-12,16-17H2,1-5H3. The normalized spacial score (nSPS) is 11.8. The van der Waals surface area contributed by atoms with Crippen molar-refractivity contribution in [1.82, 2.24) is 0 Å². The van der Waals surface area contributed by atoms with Gasteiger partial charge >= 0.3 is 0 Å². The SMILES string of the molecule is CCc1cc(CI)cc(N(CCOCCOCCOC)CC(C)(C)SSC)c1. The number of methoxy groups -OCH3 is 1. The number of hydrogen-bond donors (Lipinski definition) is 0. The number of halogens is 1. The maximum Gasteiger partial charge on any atom is 0.0701 e. The first-order valence-electron chi connectivity index (χ1n) is 9.75. The van der Waals surface area contributed by atoms with Gasteiger partial charge in [0.1, 0.15) is 0 Å². The molecule has 28 heavy (non-hydrogen) atoms. The molecule has 7 heteroatoms. The average molecular weight is 542 g/mol. The molecule has 0 aromatic heterocycles. The number of nitrogens with zero attached hydrogens (tertiary/aromatic N) is 1. The fourth-order valence-electron chi connectivity index (χ4n) is 2.86. The summed E-state index contributed by atoms with van der Waals surface area (Å²) in [5.74, 6) is 0. The third-order valence-electron chi connectivity index (χ3n) is 4.15. The van der Waals surface area contributed by atoms with Crippen LogP contribution in [0.15, 0.2) is 18.2 Å². The minimum Gasteiger partial charge on any atom is -0.382 e. The van der Waals surface area contributed by atoms with E-state index < -0.39 is 0 Å². The largest absolute Gasteiger partial charge is 0.382 e. The predicted molar refractivity (Wildman–Crippen MR) is 134 cm³/mol.